The monoisotopic (exact) mass is 347 g/mol. The lowest BCUT2D eigenvalue weighted by atomic mass is 10.1. The van der Waals surface area contributed by atoms with Gasteiger partial charge in [-0.2, -0.15) is 0 Å². The van der Waals surface area contributed by atoms with E-state index in [1.165, 1.54) is 38.5 Å². The maximum atomic E-state index is 6.29. The maximum Gasteiger partial charge on any atom is 0.179 e. The van der Waals surface area contributed by atoms with Crippen LogP contribution in [0, 0.1) is 0 Å². The molecule has 1 saturated carbocycles. The van der Waals surface area contributed by atoms with Gasteiger partial charge in [-0.15, -0.1) is 12.4 Å². The molecule has 1 aromatic carbocycles. The van der Waals surface area contributed by atoms with Gasteiger partial charge in [-0.1, -0.05) is 37.3 Å². The first kappa shape index (κ1) is 19.4. The first-order chi connectivity index (χ1) is 10.2. The van der Waals surface area contributed by atoms with Crippen molar-refractivity contribution >= 4 is 24.0 Å². The molecular weight excluding hydrogens is 321 g/mol. The number of halogens is 2. The van der Waals surface area contributed by atoms with Crippen LogP contribution < -0.4 is 14.8 Å². The number of nitrogens with one attached hydrogen (secondary N) is 1. The normalized spacial score (nSPS) is 15.8. The van der Waals surface area contributed by atoms with E-state index in [4.69, 9.17) is 21.1 Å². The van der Waals surface area contributed by atoms with Crippen LogP contribution in [0.5, 0.6) is 11.5 Å². The van der Waals surface area contributed by atoms with E-state index in [0.717, 1.165) is 17.9 Å². The summed E-state index contributed by atoms with van der Waals surface area (Å²) in [6.07, 6.45) is 7.99. The molecule has 0 bridgehead atoms. The zero-order valence-corrected chi connectivity index (χ0v) is 15.1. The van der Waals surface area contributed by atoms with Gasteiger partial charge in [0.1, 0.15) is 0 Å². The molecule has 0 aromatic heterocycles. The van der Waals surface area contributed by atoms with Crippen molar-refractivity contribution < 1.29 is 9.47 Å². The van der Waals surface area contributed by atoms with Gasteiger partial charge < -0.3 is 14.8 Å². The fourth-order valence-corrected chi connectivity index (χ4v) is 3.24. The molecule has 1 aliphatic carbocycles. The van der Waals surface area contributed by atoms with Crippen molar-refractivity contribution in [3.8, 4) is 11.5 Å². The molecule has 0 amide bonds. The third-order valence-corrected chi connectivity index (χ3v) is 4.30. The summed E-state index contributed by atoms with van der Waals surface area (Å²) in [4.78, 5) is 0. The second-order valence-corrected chi connectivity index (χ2v) is 6.02. The number of methoxy groups -OCH3 is 1. The molecule has 0 atom stereocenters. The quantitative estimate of drug-likeness (QED) is 0.736. The standard InChI is InChI=1S/C17H26ClNO2.ClH/c1-3-21-16-11-13(10-15(18)17(16)20-2)12-19-14-8-6-4-5-7-9-14;/h10-11,14,19H,3-9,12H2,1-2H3;1H. The summed E-state index contributed by atoms with van der Waals surface area (Å²) in [5.74, 6) is 1.35. The van der Waals surface area contributed by atoms with Gasteiger partial charge in [0.25, 0.3) is 0 Å². The highest BCUT2D eigenvalue weighted by molar-refractivity contribution is 6.32. The smallest absolute Gasteiger partial charge is 0.179 e. The first-order valence-corrected chi connectivity index (χ1v) is 8.35. The predicted octanol–water partition coefficient (Wildman–Crippen LogP) is 4.98. The predicted molar refractivity (Wildman–Crippen MR) is 94.8 cm³/mol. The molecule has 0 unspecified atom stereocenters. The highest BCUT2D eigenvalue weighted by atomic mass is 35.5. The molecule has 22 heavy (non-hydrogen) atoms. The van der Waals surface area contributed by atoms with E-state index in [1.54, 1.807) is 7.11 Å². The van der Waals surface area contributed by atoms with Crippen LogP contribution in [-0.4, -0.2) is 19.8 Å². The Morgan fingerprint density at radius 3 is 2.45 bits per heavy atom. The molecule has 0 saturated heterocycles. The third kappa shape index (κ3) is 5.53. The van der Waals surface area contributed by atoms with E-state index in [2.05, 4.69) is 5.32 Å². The number of rotatable bonds is 6. The number of hydrogen-bond acceptors (Lipinski definition) is 3. The summed E-state index contributed by atoms with van der Waals surface area (Å²) in [5, 5.41) is 4.27. The number of benzene rings is 1. The third-order valence-electron chi connectivity index (χ3n) is 4.02. The van der Waals surface area contributed by atoms with E-state index in [1.807, 2.05) is 19.1 Å². The average Bonchev–Trinajstić information content (AvgIpc) is 2.74. The van der Waals surface area contributed by atoms with Crippen LogP contribution in [0.3, 0.4) is 0 Å². The van der Waals surface area contributed by atoms with Gasteiger partial charge in [0.15, 0.2) is 11.5 Å². The Morgan fingerprint density at radius 2 is 1.86 bits per heavy atom. The molecule has 0 aliphatic heterocycles. The highest BCUT2D eigenvalue weighted by Gasteiger charge is 2.14. The molecule has 1 aliphatic rings. The molecule has 0 radical (unpaired) electrons. The average molecular weight is 348 g/mol. The fraction of sp³-hybridized carbons (Fsp3) is 0.647. The Hall–Kier alpha value is -0.640. The Morgan fingerprint density at radius 1 is 1.18 bits per heavy atom. The maximum absolute atomic E-state index is 6.29. The Kier molecular flexibility index (Phi) is 8.99. The SMILES string of the molecule is CCOc1cc(CNC2CCCCCC2)cc(Cl)c1OC.Cl. The van der Waals surface area contributed by atoms with Crippen LogP contribution >= 0.6 is 24.0 Å². The summed E-state index contributed by atoms with van der Waals surface area (Å²) in [6, 6.07) is 4.62. The van der Waals surface area contributed by atoms with Gasteiger partial charge in [0.05, 0.1) is 18.7 Å². The van der Waals surface area contributed by atoms with Crippen LogP contribution in [0.4, 0.5) is 0 Å². The zero-order chi connectivity index (χ0) is 15.1. The molecular formula is C17H27Cl2NO2. The molecule has 0 spiro atoms. The van der Waals surface area contributed by atoms with E-state index < -0.39 is 0 Å². The van der Waals surface area contributed by atoms with Gasteiger partial charge in [0.2, 0.25) is 0 Å². The van der Waals surface area contributed by atoms with Gasteiger partial charge in [-0.05, 0) is 37.5 Å². The second kappa shape index (κ2) is 10.2. The number of hydrogen-bond donors (Lipinski definition) is 1. The minimum Gasteiger partial charge on any atom is -0.491 e. The summed E-state index contributed by atoms with van der Waals surface area (Å²) in [7, 11) is 1.62. The molecule has 1 N–H and O–H groups in total. The van der Waals surface area contributed by atoms with Crippen molar-refractivity contribution in [2.75, 3.05) is 13.7 Å². The van der Waals surface area contributed by atoms with Crippen LogP contribution in [0.2, 0.25) is 5.02 Å². The molecule has 0 heterocycles. The van der Waals surface area contributed by atoms with E-state index >= 15 is 0 Å². The molecule has 2 rings (SSSR count). The zero-order valence-electron chi connectivity index (χ0n) is 13.5. The fourth-order valence-electron chi connectivity index (χ4n) is 2.93. The minimum absolute atomic E-state index is 0. The van der Waals surface area contributed by atoms with Gasteiger partial charge in [-0.25, -0.2) is 0 Å². The van der Waals surface area contributed by atoms with Crippen LogP contribution in [0.15, 0.2) is 12.1 Å². The van der Waals surface area contributed by atoms with Crippen molar-refractivity contribution in [3.63, 3.8) is 0 Å². The molecule has 1 aromatic rings. The summed E-state index contributed by atoms with van der Waals surface area (Å²) >= 11 is 6.29. The van der Waals surface area contributed by atoms with Crippen molar-refractivity contribution in [3.05, 3.63) is 22.7 Å². The molecule has 1 fully saturated rings. The van der Waals surface area contributed by atoms with Crippen molar-refractivity contribution in [2.24, 2.45) is 0 Å². The van der Waals surface area contributed by atoms with E-state index in [-0.39, 0.29) is 12.4 Å². The Balaban J connectivity index is 0.00000242. The van der Waals surface area contributed by atoms with Crippen LogP contribution in [0.25, 0.3) is 0 Å². The van der Waals surface area contributed by atoms with Gasteiger partial charge >= 0.3 is 0 Å². The lowest BCUT2D eigenvalue weighted by molar-refractivity contribution is 0.310. The van der Waals surface area contributed by atoms with Crippen molar-refractivity contribution in [1.82, 2.24) is 5.32 Å². The topological polar surface area (TPSA) is 30.5 Å². The molecule has 3 nitrogen and oxygen atoms in total. The molecule has 5 heteroatoms. The number of ether oxygens (including phenoxy) is 2. The first-order valence-electron chi connectivity index (χ1n) is 7.97. The molecule has 126 valence electrons. The lowest BCUT2D eigenvalue weighted by Gasteiger charge is -2.18. The summed E-state index contributed by atoms with van der Waals surface area (Å²) < 4.78 is 10.9. The van der Waals surface area contributed by atoms with Crippen LogP contribution in [0.1, 0.15) is 51.0 Å². The van der Waals surface area contributed by atoms with E-state index in [9.17, 15) is 0 Å². The lowest BCUT2D eigenvalue weighted by Crippen LogP contribution is -2.27. The summed E-state index contributed by atoms with van der Waals surface area (Å²) in [5.41, 5.74) is 1.15. The van der Waals surface area contributed by atoms with Crippen molar-refractivity contribution in [2.45, 2.75) is 58.0 Å². The van der Waals surface area contributed by atoms with Crippen molar-refractivity contribution in [1.29, 1.82) is 0 Å². The Labute approximate surface area is 145 Å². The van der Waals surface area contributed by atoms with E-state index in [0.29, 0.717) is 23.4 Å². The minimum atomic E-state index is 0. The Bertz CT molecular complexity index is 447. The summed E-state index contributed by atoms with van der Waals surface area (Å²) in [6.45, 7) is 3.39. The highest BCUT2D eigenvalue weighted by Crippen LogP contribution is 2.36. The van der Waals surface area contributed by atoms with Gasteiger partial charge in [-0.3, -0.25) is 0 Å². The van der Waals surface area contributed by atoms with Crippen LogP contribution in [-0.2, 0) is 6.54 Å². The largest absolute Gasteiger partial charge is 0.491 e. The van der Waals surface area contributed by atoms with Gasteiger partial charge in [0, 0.05) is 12.6 Å². The second-order valence-electron chi connectivity index (χ2n) is 5.61.